The molecule has 2 fully saturated rings. The molecule has 130 valence electrons. The Labute approximate surface area is 140 Å². The molecule has 2 amide bonds. The summed E-state index contributed by atoms with van der Waals surface area (Å²) in [5.74, 6) is -2.29. The first-order chi connectivity index (χ1) is 11.5. The van der Waals surface area contributed by atoms with Gasteiger partial charge in [-0.05, 0) is 43.9 Å². The maximum absolute atomic E-state index is 13.3. The molecule has 6 heteroatoms. The molecule has 4 nitrogen and oxygen atoms in total. The Morgan fingerprint density at radius 2 is 1.67 bits per heavy atom. The molecule has 1 aliphatic carbocycles. The number of benzene rings is 1. The van der Waals surface area contributed by atoms with Crippen molar-refractivity contribution in [1.82, 2.24) is 10.2 Å². The van der Waals surface area contributed by atoms with E-state index < -0.39 is 11.6 Å². The molecule has 1 aromatic rings. The Hall–Kier alpha value is -1.98. The molecule has 3 rings (SSSR count). The van der Waals surface area contributed by atoms with Crippen molar-refractivity contribution in [3.63, 3.8) is 0 Å². The molecule has 24 heavy (non-hydrogen) atoms. The van der Waals surface area contributed by atoms with Crippen LogP contribution in [0.3, 0.4) is 0 Å². The van der Waals surface area contributed by atoms with E-state index in [9.17, 15) is 18.4 Å². The van der Waals surface area contributed by atoms with Gasteiger partial charge in [-0.25, -0.2) is 8.78 Å². The molecule has 1 saturated heterocycles. The van der Waals surface area contributed by atoms with Crippen molar-refractivity contribution in [3.05, 3.63) is 35.4 Å². The molecule has 2 aliphatic rings. The van der Waals surface area contributed by atoms with E-state index in [0.29, 0.717) is 32.0 Å². The number of hydrogen-bond acceptors (Lipinski definition) is 2. The molecule has 0 radical (unpaired) electrons. The summed E-state index contributed by atoms with van der Waals surface area (Å²) in [4.78, 5) is 26.2. The highest BCUT2D eigenvalue weighted by Crippen LogP contribution is 2.22. The van der Waals surface area contributed by atoms with E-state index in [-0.39, 0.29) is 23.3 Å². The molecular weight excluding hydrogens is 314 g/mol. The molecule has 1 aromatic carbocycles. The summed E-state index contributed by atoms with van der Waals surface area (Å²) >= 11 is 0. The third-order valence-corrected chi connectivity index (χ3v) is 5.02. The van der Waals surface area contributed by atoms with Crippen molar-refractivity contribution >= 4 is 11.8 Å². The van der Waals surface area contributed by atoms with E-state index in [1.165, 1.54) is 18.9 Å². The van der Waals surface area contributed by atoms with Crippen molar-refractivity contribution in [2.45, 2.75) is 44.6 Å². The predicted molar refractivity (Wildman–Crippen MR) is 85.4 cm³/mol. The van der Waals surface area contributed by atoms with Gasteiger partial charge < -0.3 is 10.2 Å². The molecule has 1 saturated carbocycles. The van der Waals surface area contributed by atoms with Crippen LogP contribution in [0.2, 0.25) is 0 Å². The van der Waals surface area contributed by atoms with Crippen LogP contribution in [0.15, 0.2) is 18.2 Å². The topological polar surface area (TPSA) is 49.4 Å². The Bertz CT molecular complexity index is 621. The van der Waals surface area contributed by atoms with Crippen LogP contribution in [0.25, 0.3) is 0 Å². The Morgan fingerprint density at radius 3 is 2.29 bits per heavy atom. The van der Waals surface area contributed by atoms with Crippen LogP contribution >= 0.6 is 0 Å². The summed E-state index contributed by atoms with van der Waals surface area (Å²) in [5.41, 5.74) is 0.141. The zero-order chi connectivity index (χ0) is 17.1. The first-order valence-electron chi connectivity index (χ1n) is 8.59. The van der Waals surface area contributed by atoms with Crippen LogP contribution < -0.4 is 5.32 Å². The molecule has 0 spiro atoms. The third-order valence-electron chi connectivity index (χ3n) is 5.02. The Kier molecular flexibility index (Phi) is 5.11. The van der Waals surface area contributed by atoms with E-state index in [1.54, 1.807) is 4.90 Å². The lowest BCUT2D eigenvalue weighted by molar-refractivity contribution is -0.127. The van der Waals surface area contributed by atoms with Crippen molar-refractivity contribution < 1.29 is 18.4 Å². The van der Waals surface area contributed by atoms with Gasteiger partial charge >= 0.3 is 0 Å². The summed E-state index contributed by atoms with van der Waals surface area (Å²) < 4.78 is 26.2. The third kappa shape index (κ3) is 3.74. The van der Waals surface area contributed by atoms with Crippen LogP contribution in [0.5, 0.6) is 0 Å². The van der Waals surface area contributed by atoms with Crippen LogP contribution in [0.4, 0.5) is 8.78 Å². The van der Waals surface area contributed by atoms with E-state index >= 15 is 0 Å². The monoisotopic (exact) mass is 336 g/mol. The van der Waals surface area contributed by atoms with Gasteiger partial charge in [-0.2, -0.15) is 0 Å². The van der Waals surface area contributed by atoms with E-state index in [1.807, 2.05) is 0 Å². The van der Waals surface area contributed by atoms with Gasteiger partial charge in [0.05, 0.1) is 0 Å². The van der Waals surface area contributed by atoms with Gasteiger partial charge in [0.1, 0.15) is 0 Å². The number of nitrogens with zero attached hydrogens (tertiary/aromatic N) is 1. The second-order valence-corrected chi connectivity index (χ2v) is 6.69. The second-order valence-electron chi connectivity index (χ2n) is 6.69. The van der Waals surface area contributed by atoms with Gasteiger partial charge in [0.25, 0.3) is 5.91 Å². The maximum Gasteiger partial charge on any atom is 0.253 e. The highest BCUT2D eigenvalue weighted by Gasteiger charge is 2.29. The molecule has 1 aliphatic heterocycles. The summed E-state index contributed by atoms with van der Waals surface area (Å²) in [6.45, 7) is 0.918. The van der Waals surface area contributed by atoms with Gasteiger partial charge in [-0.3, -0.25) is 9.59 Å². The van der Waals surface area contributed by atoms with Crippen molar-refractivity contribution in [1.29, 1.82) is 0 Å². The minimum absolute atomic E-state index is 0.0698. The average Bonchev–Trinajstić information content (AvgIpc) is 3.10. The van der Waals surface area contributed by atoms with Gasteiger partial charge in [0, 0.05) is 30.6 Å². The van der Waals surface area contributed by atoms with Crippen molar-refractivity contribution in [3.8, 4) is 0 Å². The largest absolute Gasteiger partial charge is 0.353 e. The summed E-state index contributed by atoms with van der Waals surface area (Å²) in [5, 5.41) is 3.10. The number of piperidine rings is 1. The first-order valence-corrected chi connectivity index (χ1v) is 8.59. The summed E-state index contributed by atoms with van der Waals surface area (Å²) in [6, 6.07) is 3.49. The molecule has 0 aromatic heterocycles. The minimum atomic E-state index is -1.02. The second kappa shape index (κ2) is 7.28. The zero-order valence-electron chi connectivity index (χ0n) is 13.6. The number of carbonyl (C=O) groups excluding carboxylic acids is 2. The zero-order valence-corrected chi connectivity index (χ0v) is 13.6. The number of rotatable bonds is 3. The minimum Gasteiger partial charge on any atom is -0.353 e. The average molecular weight is 336 g/mol. The van der Waals surface area contributed by atoms with Crippen LogP contribution in [-0.4, -0.2) is 35.8 Å². The number of carbonyl (C=O) groups is 2. The lowest BCUT2D eigenvalue weighted by atomic mass is 9.95. The molecule has 0 bridgehead atoms. The highest BCUT2D eigenvalue weighted by molar-refractivity contribution is 5.94. The lowest BCUT2D eigenvalue weighted by Crippen LogP contribution is -2.44. The van der Waals surface area contributed by atoms with Crippen LogP contribution in [0, 0.1) is 17.6 Å². The normalized spacial score (nSPS) is 19.5. The van der Waals surface area contributed by atoms with Crippen LogP contribution in [0.1, 0.15) is 48.9 Å². The number of halogens is 2. The predicted octanol–water partition coefficient (Wildman–Crippen LogP) is 2.88. The fraction of sp³-hybridized carbons (Fsp3) is 0.556. The first kappa shape index (κ1) is 16.9. The van der Waals surface area contributed by atoms with E-state index in [4.69, 9.17) is 0 Å². The standard InChI is InChI=1S/C18H22F2N2O2/c19-15-6-5-13(11-16(15)20)18(24)22-9-7-12(8-10-22)17(23)21-14-3-1-2-4-14/h5-6,11-12,14H,1-4,7-10H2,(H,21,23). The molecular formula is C18H22F2N2O2. The molecule has 1 heterocycles. The lowest BCUT2D eigenvalue weighted by Gasteiger charge is -2.32. The fourth-order valence-corrected chi connectivity index (χ4v) is 3.55. The van der Waals surface area contributed by atoms with E-state index in [2.05, 4.69) is 5.32 Å². The summed E-state index contributed by atoms with van der Waals surface area (Å²) in [6.07, 6.45) is 5.67. The number of likely N-dealkylation sites (tertiary alicyclic amines) is 1. The molecule has 1 N–H and O–H groups in total. The van der Waals surface area contributed by atoms with Gasteiger partial charge in [0.2, 0.25) is 5.91 Å². The van der Waals surface area contributed by atoms with Crippen molar-refractivity contribution in [2.75, 3.05) is 13.1 Å². The SMILES string of the molecule is O=C(NC1CCCC1)C1CCN(C(=O)c2ccc(F)c(F)c2)CC1. The Balaban J connectivity index is 1.53. The number of nitrogens with one attached hydrogen (secondary N) is 1. The molecule has 0 atom stereocenters. The summed E-state index contributed by atoms with van der Waals surface area (Å²) in [7, 11) is 0. The van der Waals surface area contributed by atoms with Gasteiger partial charge in [0.15, 0.2) is 11.6 Å². The fourth-order valence-electron chi connectivity index (χ4n) is 3.55. The van der Waals surface area contributed by atoms with Crippen LogP contribution in [-0.2, 0) is 4.79 Å². The van der Waals surface area contributed by atoms with E-state index in [0.717, 1.165) is 25.0 Å². The highest BCUT2D eigenvalue weighted by atomic mass is 19.2. The van der Waals surface area contributed by atoms with Crippen molar-refractivity contribution in [2.24, 2.45) is 5.92 Å². The number of hydrogen-bond donors (Lipinski definition) is 1. The quantitative estimate of drug-likeness (QED) is 0.923. The number of amides is 2. The van der Waals surface area contributed by atoms with Gasteiger partial charge in [-0.1, -0.05) is 12.8 Å². The molecule has 0 unspecified atom stereocenters. The Morgan fingerprint density at radius 1 is 1.00 bits per heavy atom. The van der Waals surface area contributed by atoms with Gasteiger partial charge in [-0.15, -0.1) is 0 Å². The smallest absolute Gasteiger partial charge is 0.253 e. The maximum atomic E-state index is 13.3.